The van der Waals surface area contributed by atoms with Crippen LogP contribution in [0.3, 0.4) is 0 Å². The molecule has 0 aromatic rings. The van der Waals surface area contributed by atoms with E-state index in [9.17, 15) is 9.59 Å². The maximum atomic E-state index is 11.8. The predicted octanol–water partition coefficient (Wildman–Crippen LogP) is 2.28. The van der Waals surface area contributed by atoms with Gasteiger partial charge in [-0.05, 0) is 0 Å². The van der Waals surface area contributed by atoms with Crippen LogP contribution in [0, 0.1) is 0 Å². The van der Waals surface area contributed by atoms with Crippen molar-refractivity contribution in [2.45, 2.75) is 20.3 Å². The van der Waals surface area contributed by atoms with Gasteiger partial charge in [-0.15, -0.1) is 0 Å². The summed E-state index contributed by atoms with van der Waals surface area (Å²) in [4.78, 5) is 23.6. The van der Waals surface area contributed by atoms with E-state index in [1.165, 1.54) is 5.75 Å². The molecule has 5 heteroatoms. The van der Waals surface area contributed by atoms with E-state index >= 15 is 0 Å². The summed E-state index contributed by atoms with van der Waals surface area (Å²) >= 11 is -0.0105. The van der Waals surface area contributed by atoms with Crippen LogP contribution in [-0.4, -0.2) is 60.1 Å². The Bertz CT molecular complexity index is 425. The van der Waals surface area contributed by atoms with Crippen molar-refractivity contribution in [3.63, 3.8) is 0 Å². The number of rotatable bonds is 8. The zero-order valence-electron chi connectivity index (χ0n) is 12.1. The molecule has 1 aliphatic rings. The summed E-state index contributed by atoms with van der Waals surface area (Å²) in [7, 11) is -0.810. The summed E-state index contributed by atoms with van der Waals surface area (Å²) < 4.78 is 2.50. The molecular formula is C15H22O2SSe2. The molecule has 0 aromatic carbocycles. The van der Waals surface area contributed by atoms with Crippen LogP contribution in [0.1, 0.15) is 20.3 Å². The molecule has 0 N–H and O–H groups in total. The molecule has 20 heavy (non-hydrogen) atoms. The van der Waals surface area contributed by atoms with Crippen molar-refractivity contribution in [1.82, 2.24) is 0 Å². The molecule has 0 saturated carbocycles. The average molecular weight is 424 g/mol. The molecule has 0 unspecified atom stereocenters. The monoisotopic (exact) mass is 426 g/mol. The van der Waals surface area contributed by atoms with E-state index in [-0.39, 0.29) is 39.3 Å². The second-order valence-electron chi connectivity index (χ2n) is 5.02. The SMILES string of the molecule is C=C(C)C(=O)[Se]CS1(C[Se]C(=O)C(=C)C)CC=CCC1. The van der Waals surface area contributed by atoms with Crippen LogP contribution in [-0.2, 0) is 9.59 Å². The molecule has 1 aliphatic heterocycles. The topological polar surface area (TPSA) is 34.1 Å². The van der Waals surface area contributed by atoms with Gasteiger partial charge in [0.2, 0.25) is 0 Å². The second-order valence-corrected chi connectivity index (χ2v) is 14.4. The van der Waals surface area contributed by atoms with Crippen molar-refractivity contribution in [1.29, 1.82) is 0 Å². The van der Waals surface area contributed by atoms with Gasteiger partial charge in [0.1, 0.15) is 0 Å². The Morgan fingerprint density at radius 2 is 1.55 bits per heavy atom. The van der Waals surface area contributed by atoms with E-state index in [0.29, 0.717) is 11.1 Å². The van der Waals surface area contributed by atoms with Crippen molar-refractivity contribution in [2.75, 3.05) is 20.8 Å². The van der Waals surface area contributed by atoms with E-state index in [2.05, 4.69) is 25.3 Å². The minimum absolute atomic E-state index is 0.00526. The Morgan fingerprint density at radius 3 is 1.90 bits per heavy atom. The summed E-state index contributed by atoms with van der Waals surface area (Å²) in [6.45, 7) is 11.1. The van der Waals surface area contributed by atoms with Crippen LogP contribution in [0.2, 0.25) is 0 Å². The Labute approximate surface area is 136 Å². The van der Waals surface area contributed by atoms with Gasteiger partial charge in [0.15, 0.2) is 0 Å². The first kappa shape index (κ1) is 18.0. The summed E-state index contributed by atoms with van der Waals surface area (Å²) in [5.74, 6) is 2.27. The standard InChI is InChI=1S/C15H22O2SSe2/c1-12(2)14(16)19-10-18(8-6-5-7-9-18)11-20-15(17)13(3)4/h5-6H,1,3,7-11H2,2,4H3. The molecule has 0 aromatic heterocycles. The molecule has 1 rings (SSSR count). The van der Waals surface area contributed by atoms with Gasteiger partial charge in [-0.1, -0.05) is 0 Å². The Balaban J connectivity index is 2.64. The van der Waals surface area contributed by atoms with E-state index in [1.807, 2.05) is 0 Å². The van der Waals surface area contributed by atoms with Crippen LogP contribution in [0.15, 0.2) is 36.5 Å². The number of carbonyl (C=O) groups excluding carboxylic acids is 2. The van der Waals surface area contributed by atoms with Crippen molar-refractivity contribution >= 4 is 49.3 Å². The van der Waals surface area contributed by atoms with Gasteiger partial charge in [-0.3, -0.25) is 0 Å². The first-order valence-corrected chi connectivity index (χ1v) is 12.9. The third-order valence-corrected chi connectivity index (χ3v) is 16.5. The van der Waals surface area contributed by atoms with E-state index in [0.717, 1.165) is 21.5 Å². The van der Waals surface area contributed by atoms with Gasteiger partial charge >= 0.3 is 136 Å². The molecule has 0 radical (unpaired) electrons. The third kappa shape index (κ3) is 5.75. The molecule has 0 spiro atoms. The van der Waals surface area contributed by atoms with Gasteiger partial charge in [-0.25, -0.2) is 0 Å². The maximum absolute atomic E-state index is 11.8. The van der Waals surface area contributed by atoms with Crippen molar-refractivity contribution in [3.8, 4) is 0 Å². The van der Waals surface area contributed by atoms with Gasteiger partial charge in [0.25, 0.3) is 0 Å². The molecule has 0 fully saturated rings. The Morgan fingerprint density at radius 1 is 1.05 bits per heavy atom. The number of hydrogen-bond acceptors (Lipinski definition) is 2. The average Bonchev–Trinajstić information content (AvgIpc) is 2.43. The molecule has 0 atom stereocenters. The Hall–Kier alpha value is -0.0510. The molecular weight excluding hydrogens is 402 g/mol. The molecule has 112 valence electrons. The van der Waals surface area contributed by atoms with Crippen molar-refractivity contribution in [2.24, 2.45) is 0 Å². The summed E-state index contributed by atoms with van der Waals surface area (Å²) in [5.41, 5.74) is 1.35. The number of allylic oxidation sites excluding steroid dienone is 3. The summed E-state index contributed by atoms with van der Waals surface area (Å²) in [6, 6.07) is 0. The van der Waals surface area contributed by atoms with Gasteiger partial charge in [-0.2, -0.15) is 0 Å². The fourth-order valence-electron chi connectivity index (χ4n) is 1.64. The fraction of sp³-hybridized carbons (Fsp3) is 0.467. The number of hydrogen-bond donors (Lipinski definition) is 0. The quantitative estimate of drug-likeness (QED) is 0.341. The van der Waals surface area contributed by atoms with E-state index < -0.39 is 10.0 Å². The van der Waals surface area contributed by atoms with E-state index in [1.54, 1.807) is 13.8 Å². The first-order chi connectivity index (χ1) is 9.36. The molecule has 0 aliphatic carbocycles. The van der Waals surface area contributed by atoms with Gasteiger partial charge in [0.05, 0.1) is 0 Å². The van der Waals surface area contributed by atoms with Crippen molar-refractivity contribution in [3.05, 3.63) is 36.5 Å². The number of carbonyl (C=O) groups is 2. The summed E-state index contributed by atoms with van der Waals surface area (Å²) in [6.07, 6.45) is 5.58. The predicted molar refractivity (Wildman–Crippen MR) is 92.0 cm³/mol. The van der Waals surface area contributed by atoms with Crippen molar-refractivity contribution < 1.29 is 9.59 Å². The minimum atomic E-state index is -0.810. The molecule has 0 bridgehead atoms. The third-order valence-electron chi connectivity index (χ3n) is 2.91. The van der Waals surface area contributed by atoms with Crippen LogP contribution >= 0.6 is 10.0 Å². The molecule has 2 nitrogen and oxygen atoms in total. The normalized spacial score (nSPS) is 18.3. The van der Waals surface area contributed by atoms with Crippen LogP contribution < -0.4 is 0 Å². The fourth-order valence-corrected chi connectivity index (χ4v) is 15.1. The van der Waals surface area contributed by atoms with Gasteiger partial charge in [0, 0.05) is 0 Å². The van der Waals surface area contributed by atoms with E-state index in [4.69, 9.17) is 0 Å². The first-order valence-electron chi connectivity index (χ1n) is 6.41. The second kappa shape index (κ2) is 8.41. The van der Waals surface area contributed by atoms with Crippen LogP contribution in [0.25, 0.3) is 0 Å². The zero-order chi connectivity index (χ0) is 15.2. The van der Waals surface area contributed by atoms with Crippen LogP contribution in [0.4, 0.5) is 0 Å². The zero-order valence-corrected chi connectivity index (χ0v) is 16.4. The molecule has 0 saturated heterocycles. The molecule has 0 amide bonds. The molecule has 1 heterocycles. The Kier molecular flexibility index (Phi) is 7.56. The summed E-state index contributed by atoms with van der Waals surface area (Å²) in [5, 5.41) is 0. The van der Waals surface area contributed by atoms with Crippen LogP contribution in [0.5, 0.6) is 0 Å². The van der Waals surface area contributed by atoms with Gasteiger partial charge < -0.3 is 0 Å².